The Bertz CT molecular complexity index is 569. The molecule has 0 N–H and O–H groups in total. The number of nitro groups is 1. The van der Waals surface area contributed by atoms with Crippen molar-refractivity contribution in [1.29, 1.82) is 0 Å². The van der Waals surface area contributed by atoms with Crippen molar-refractivity contribution >= 4 is 15.5 Å². The van der Waals surface area contributed by atoms with Gasteiger partial charge in [0.2, 0.25) is 11.6 Å². The van der Waals surface area contributed by atoms with Crippen LogP contribution >= 0.6 is 0 Å². The number of rotatable bonds is 2. The lowest BCUT2D eigenvalue weighted by Crippen LogP contribution is -2.09. The highest BCUT2D eigenvalue weighted by Crippen LogP contribution is 2.29. The minimum absolute atomic E-state index is 0.0441. The fourth-order valence-corrected chi connectivity index (χ4v) is 1.90. The van der Waals surface area contributed by atoms with Crippen molar-refractivity contribution < 1.29 is 26.5 Å². The predicted molar refractivity (Wildman–Crippen MR) is 46.1 cm³/mol. The number of nitro benzene ring substituents is 1. The summed E-state index contributed by atoms with van der Waals surface area (Å²) < 4.78 is 60.9. The fraction of sp³-hybridized carbons (Fsp3) is 0.143. The lowest BCUT2D eigenvalue weighted by atomic mass is 10.3. The van der Waals surface area contributed by atoms with E-state index in [9.17, 15) is 31.7 Å². The van der Waals surface area contributed by atoms with Gasteiger partial charge in [-0.25, -0.2) is 12.8 Å². The molecule has 16 heavy (non-hydrogen) atoms. The zero-order chi connectivity index (χ0) is 12.7. The second-order valence-electron chi connectivity index (χ2n) is 2.86. The van der Waals surface area contributed by atoms with E-state index in [-0.39, 0.29) is 6.07 Å². The van der Waals surface area contributed by atoms with Crippen molar-refractivity contribution in [2.24, 2.45) is 0 Å². The van der Waals surface area contributed by atoms with E-state index in [0.29, 0.717) is 6.26 Å². The van der Waals surface area contributed by atoms with Crippen molar-refractivity contribution in [2.75, 3.05) is 6.26 Å². The summed E-state index contributed by atoms with van der Waals surface area (Å²) in [5.74, 6) is -5.51. The molecule has 1 rings (SSSR count). The van der Waals surface area contributed by atoms with Crippen molar-refractivity contribution in [2.45, 2.75) is 4.90 Å². The summed E-state index contributed by atoms with van der Waals surface area (Å²) in [4.78, 5) is 7.27. The molecule has 0 amide bonds. The van der Waals surface area contributed by atoms with Gasteiger partial charge in [-0.3, -0.25) is 10.1 Å². The van der Waals surface area contributed by atoms with E-state index in [4.69, 9.17) is 0 Å². The summed E-state index contributed by atoms with van der Waals surface area (Å²) in [5.41, 5.74) is -1.69. The first-order valence-electron chi connectivity index (χ1n) is 3.68. The molecule has 0 bridgehead atoms. The zero-order valence-corrected chi connectivity index (χ0v) is 8.52. The molecule has 0 unspecified atom stereocenters. The van der Waals surface area contributed by atoms with Crippen LogP contribution in [0.25, 0.3) is 0 Å². The molecule has 0 aromatic heterocycles. The van der Waals surface area contributed by atoms with Crippen LogP contribution in [0, 0.1) is 27.6 Å². The first-order chi connectivity index (χ1) is 7.16. The molecule has 0 aliphatic heterocycles. The molecule has 0 atom stereocenters. The summed E-state index contributed by atoms with van der Waals surface area (Å²) in [7, 11) is -4.36. The van der Waals surface area contributed by atoms with Gasteiger partial charge in [-0.05, 0) is 0 Å². The van der Waals surface area contributed by atoms with E-state index in [2.05, 4.69) is 0 Å². The smallest absolute Gasteiger partial charge is 0.258 e. The molecule has 0 radical (unpaired) electrons. The van der Waals surface area contributed by atoms with Gasteiger partial charge in [0, 0.05) is 12.3 Å². The highest BCUT2D eigenvalue weighted by molar-refractivity contribution is 7.90. The molecular formula is C7H4F3NO4S. The third kappa shape index (κ3) is 1.98. The van der Waals surface area contributed by atoms with E-state index in [1.54, 1.807) is 0 Å². The van der Waals surface area contributed by atoms with E-state index >= 15 is 0 Å². The average Bonchev–Trinajstić information content (AvgIpc) is 1.97. The molecule has 1 aromatic carbocycles. The second kappa shape index (κ2) is 3.74. The summed E-state index contributed by atoms with van der Waals surface area (Å²) in [6.07, 6.45) is 0.454. The quantitative estimate of drug-likeness (QED) is 0.455. The molecule has 0 saturated carbocycles. The van der Waals surface area contributed by atoms with Crippen LogP contribution < -0.4 is 0 Å². The third-order valence-electron chi connectivity index (χ3n) is 1.66. The molecule has 5 nitrogen and oxygen atoms in total. The Morgan fingerprint density at radius 1 is 1.25 bits per heavy atom. The number of nitrogens with zero attached hydrogens (tertiary/aromatic N) is 1. The number of hydrogen-bond acceptors (Lipinski definition) is 4. The monoisotopic (exact) mass is 255 g/mol. The summed E-state index contributed by atoms with van der Waals surface area (Å²) >= 11 is 0. The van der Waals surface area contributed by atoms with Gasteiger partial charge in [0.1, 0.15) is 10.7 Å². The van der Waals surface area contributed by atoms with Crippen LogP contribution in [-0.4, -0.2) is 19.6 Å². The van der Waals surface area contributed by atoms with Crippen LogP contribution in [0.2, 0.25) is 0 Å². The van der Waals surface area contributed by atoms with Gasteiger partial charge in [-0.2, -0.15) is 8.78 Å². The van der Waals surface area contributed by atoms with Gasteiger partial charge >= 0.3 is 5.69 Å². The maximum atomic E-state index is 13.2. The minimum atomic E-state index is -4.36. The van der Waals surface area contributed by atoms with E-state index < -0.39 is 42.8 Å². The molecule has 0 aliphatic carbocycles. The molecular weight excluding hydrogens is 251 g/mol. The first-order valence-corrected chi connectivity index (χ1v) is 5.57. The molecule has 0 heterocycles. The second-order valence-corrected chi connectivity index (χ2v) is 4.81. The van der Waals surface area contributed by atoms with E-state index in [1.807, 2.05) is 0 Å². The number of halogens is 3. The van der Waals surface area contributed by atoms with Crippen molar-refractivity contribution in [3.8, 4) is 0 Å². The Kier molecular flexibility index (Phi) is 2.91. The van der Waals surface area contributed by atoms with Gasteiger partial charge in [0.25, 0.3) is 0 Å². The summed E-state index contributed by atoms with van der Waals surface area (Å²) in [6, 6.07) is -0.0441. The lowest BCUT2D eigenvalue weighted by Gasteiger charge is -2.03. The maximum Gasteiger partial charge on any atom is 0.341 e. The normalized spacial score (nSPS) is 11.5. The third-order valence-corrected chi connectivity index (χ3v) is 2.77. The van der Waals surface area contributed by atoms with Gasteiger partial charge in [-0.15, -0.1) is 0 Å². The zero-order valence-electron chi connectivity index (χ0n) is 7.70. The minimum Gasteiger partial charge on any atom is -0.258 e. The molecule has 0 saturated heterocycles. The highest BCUT2D eigenvalue weighted by Gasteiger charge is 2.32. The topological polar surface area (TPSA) is 77.3 Å². The van der Waals surface area contributed by atoms with Crippen LogP contribution in [-0.2, 0) is 9.84 Å². The standard InChI is InChI=1S/C7H4F3NO4S/c1-16(14,15)7-4(9)2-3(8)6(5(7)10)11(12)13/h2H,1H3. The van der Waals surface area contributed by atoms with Crippen LogP contribution in [0.4, 0.5) is 18.9 Å². The fourth-order valence-electron chi connectivity index (χ4n) is 1.07. The molecule has 1 aromatic rings. The summed E-state index contributed by atoms with van der Waals surface area (Å²) in [6.45, 7) is 0. The Hall–Kier alpha value is -1.64. The van der Waals surface area contributed by atoms with Crippen LogP contribution in [0.15, 0.2) is 11.0 Å². The largest absolute Gasteiger partial charge is 0.341 e. The Balaban J connectivity index is 3.79. The van der Waals surface area contributed by atoms with Gasteiger partial charge in [-0.1, -0.05) is 0 Å². The van der Waals surface area contributed by atoms with E-state index in [1.165, 1.54) is 0 Å². The van der Waals surface area contributed by atoms with Crippen LogP contribution in [0.1, 0.15) is 0 Å². The van der Waals surface area contributed by atoms with Gasteiger partial charge in [0.05, 0.1) is 4.92 Å². The Labute approximate surface area is 87.6 Å². The molecule has 9 heteroatoms. The van der Waals surface area contributed by atoms with Gasteiger partial charge in [0.15, 0.2) is 9.84 Å². The average molecular weight is 255 g/mol. The van der Waals surface area contributed by atoms with E-state index in [0.717, 1.165) is 0 Å². The van der Waals surface area contributed by atoms with Crippen molar-refractivity contribution in [1.82, 2.24) is 0 Å². The maximum absolute atomic E-state index is 13.2. The molecule has 88 valence electrons. The number of benzene rings is 1. The predicted octanol–water partition coefficient (Wildman–Crippen LogP) is 1.42. The lowest BCUT2D eigenvalue weighted by molar-refractivity contribution is -0.390. The Morgan fingerprint density at radius 2 is 1.75 bits per heavy atom. The van der Waals surface area contributed by atoms with Crippen LogP contribution in [0.5, 0.6) is 0 Å². The van der Waals surface area contributed by atoms with Crippen molar-refractivity contribution in [3.63, 3.8) is 0 Å². The van der Waals surface area contributed by atoms with Crippen molar-refractivity contribution in [3.05, 3.63) is 33.6 Å². The van der Waals surface area contributed by atoms with Gasteiger partial charge < -0.3 is 0 Å². The molecule has 0 aliphatic rings. The Morgan fingerprint density at radius 3 is 2.12 bits per heavy atom. The highest BCUT2D eigenvalue weighted by atomic mass is 32.2. The SMILES string of the molecule is CS(=O)(=O)c1c(F)cc(F)c([N+](=O)[O-])c1F. The first kappa shape index (κ1) is 12.4. The molecule has 0 fully saturated rings. The summed E-state index contributed by atoms with van der Waals surface area (Å²) in [5, 5.41) is 10.2. The number of hydrogen-bond donors (Lipinski definition) is 0. The number of sulfone groups is 1. The molecule has 0 spiro atoms. The van der Waals surface area contributed by atoms with Crippen LogP contribution in [0.3, 0.4) is 0 Å².